The van der Waals surface area contributed by atoms with Crippen LogP contribution in [0.25, 0.3) is 32.8 Å². The number of anilines is 1. The van der Waals surface area contributed by atoms with Crippen LogP contribution < -0.4 is 10.5 Å². The molecule has 3 N–H and O–H groups in total. The zero-order valence-corrected chi connectivity index (χ0v) is 20.0. The predicted molar refractivity (Wildman–Crippen MR) is 140 cm³/mol. The number of fused-ring (bicyclic) bond motifs is 2. The quantitative estimate of drug-likeness (QED) is 0.291. The lowest BCUT2D eigenvalue weighted by Crippen LogP contribution is -2.18. The van der Waals surface area contributed by atoms with Gasteiger partial charge in [-0.15, -0.1) is 0 Å². The van der Waals surface area contributed by atoms with E-state index in [2.05, 4.69) is 33.9 Å². The number of benzene rings is 3. The van der Waals surface area contributed by atoms with E-state index in [-0.39, 0.29) is 18.8 Å². The molecular weight excluding hydrogens is 471 g/mol. The summed E-state index contributed by atoms with van der Waals surface area (Å²) in [6.07, 6.45) is 4.77. The van der Waals surface area contributed by atoms with E-state index in [0.29, 0.717) is 17.4 Å². The molecule has 8 heteroatoms. The molecule has 2 aromatic heterocycles. The summed E-state index contributed by atoms with van der Waals surface area (Å²) in [6, 6.07) is 18.5. The van der Waals surface area contributed by atoms with E-state index in [4.69, 9.17) is 15.6 Å². The molecule has 0 bridgehead atoms. The van der Waals surface area contributed by atoms with Gasteiger partial charge >= 0.3 is 5.97 Å². The first kappa shape index (κ1) is 23.0. The third kappa shape index (κ3) is 4.24. The van der Waals surface area contributed by atoms with E-state index >= 15 is 0 Å². The number of rotatable bonds is 7. The van der Waals surface area contributed by atoms with E-state index in [1.54, 1.807) is 6.20 Å². The van der Waals surface area contributed by atoms with Gasteiger partial charge in [0.15, 0.2) is 0 Å². The number of ether oxygens (including phenoxy) is 1. The molecule has 2 heterocycles. The van der Waals surface area contributed by atoms with Crippen LogP contribution in [-0.2, 0) is 17.8 Å². The molecule has 7 nitrogen and oxygen atoms in total. The van der Waals surface area contributed by atoms with Crippen LogP contribution in [0.5, 0.6) is 5.75 Å². The van der Waals surface area contributed by atoms with Crippen molar-refractivity contribution in [2.75, 3.05) is 5.73 Å². The molecule has 0 atom stereocenters. The van der Waals surface area contributed by atoms with Gasteiger partial charge in [0.2, 0.25) is 0 Å². The van der Waals surface area contributed by atoms with Crippen molar-refractivity contribution >= 4 is 33.5 Å². The summed E-state index contributed by atoms with van der Waals surface area (Å²) in [5.74, 6) is -0.797. The van der Waals surface area contributed by atoms with Gasteiger partial charge in [-0.1, -0.05) is 30.3 Å². The minimum Gasteiger partial charge on any atom is -0.487 e. The van der Waals surface area contributed by atoms with Crippen LogP contribution in [0.1, 0.15) is 36.6 Å². The number of hydrogen-bond acceptors (Lipinski definition) is 5. The lowest BCUT2D eigenvalue weighted by atomic mass is 9.93. The molecule has 0 amide bonds. The van der Waals surface area contributed by atoms with Gasteiger partial charge < -0.3 is 15.6 Å². The summed E-state index contributed by atoms with van der Waals surface area (Å²) in [5.41, 5.74) is 10.3. The van der Waals surface area contributed by atoms with Crippen LogP contribution in [-0.4, -0.2) is 25.8 Å². The Kier molecular flexibility index (Phi) is 5.71. The van der Waals surface area contributed by atoms with Crippen LogP contribution in [0, 0.1) is 5.82 Å². The number of aliphatic carboxylic acids is 1. The van der Waals surface area contributed by atoms with Crippen molar-refractivity contribution in [2.24, 2.45) is 0 Å². The molecule has 0 radical (unpaired) electrons. The van der Waals surface area contributed by atoms with Crippen molar-refractivity contribution in [3.05, 3.63) is 83.9 Å². The van der Waals surface area contributed by atoms with Gasteiger partial charge in [0.25, 0.3) is 0 Å². The normalized spacial score (nSPS) is 13.6. The Morgan fingerprint density at radius 3 is 2.73 bits per heavy atom. The van der Waals surface area contributed by atoms with E-state index in [0.717, 1.165) is 51.3 Å². The Morgan fingerprint density at radius 2 is 1.95 bits per heavy atom. The van der Waals surface area contributed by atoms with Crippen molar-refractivity contribution in [1.29, 1.82) is 0 Å². The molecule has 3 aromatic carbocycles. The molecule has 0 saturated heterocycles. The fourth-order valence-electron chi connectivity index (χ4n) is 4.99. The zero-order chi connectivity index (χ0) is 25.5. The number of carbonyl (C=O) groups is 1. The lowest BCUT2D eigenvalue weighted by Gasteiger charge is -2.26. The molecule has 5 aromatic rings. The lowest BCUT2D eigenvalue weighted by molar-refractivity contribution is -0.136. The summed E-state index contributed by atoms with van der Waals surface area (Å²) in [5, 5.41) is 17.0. The van der Waals surface area contributed by atoms with Crippen molar-refractivity contribution in [3.63, 3.8) is 0 Å². The van der Waals surface area contributed by atoms with E-state index < -0.39 is 11.8 Å². The Morgan fingerprint density at radius 1 is 1.08 bits per heavy atom. The Bertz CT molecular complexity index is 1660. The fraction of sp³-hybridized carbons (Fsp3) is 0.207. The fourth-order valence-corrected chi connectivity index (χ4v) is 4.99. The van der Waals surface area contributed by atoms with Gasteiger partial charge in [-0.25, -0.2) is 9.37 Å². The number of aromatic nitrogens is 3. The Balaban J connectivity index is 1.43. The second-order valence-corrected chi connectivity index (χ2v) is 9.42. The molecule has 1 saturated carbocycles. The monoisotopic (exact) mass is 496 g/mol. The number of halogens is 1. The SMILES string of the molecule is Nc1nccc2c(-c3ccc4c(c3)c(COc3cc(F)ccc3CC(=O)O)nn4C3CCC3)cccc12. The Hall–Kier alpha value is -4.46. The maximum Gasteiger partial charge on any atom is 0.307 e. The summed E-state index contributed by atoms with van der Waals surface area (Å²) in [7, 11) is 0. The predicted octanol–water partition coefficient (Wildman–Crippen LogP) is 5.90. The number of nitrogens with two attached hydrogens (primary N) is 1. The number of nitrogens with zero attached hydrogens (tertiary/aromatic N) is 3. The molecule has 37 heavy (non-hydrogen) atoms. The highest BCUT2D eigenvalue weighted by Gasteiger charge is 2.24. The smallest absolute Gasteiger partial charge is 0.307 e. The second-order valence-electron chi connectivity index (χ2n) is 9.42. The standard InChI is InChI=1S/C29H25FN4O3/c30-19-9-7-18(14-28(35)36)27(15-19)37-16-25-24-13-17(8-10-26(24)34(33-25)20-3-1-4-20)21-5-2-6-23-22(21)11-12-32-29(23)31/h2,5-13,15,20H,1,3-4,14,16H2,(H2,31,32)(H,35,36). The molecule has 1 fully saturated rings. The molecule has 0 unspecified atom stereocenters. The van der Waals surface area contributed by atoms with Crippen molar-refractivity contribution in [3.8, 4) is 16.9 Å². The van der Waals surface area contributed by atoms with Crippen molar-refractivity contribution in [1.82, 2.24) is 14.8 Å². The number of hydrogen-bond donors (Lipinski definition) is 2. The number of pyridine rings is 1. The molecule has 0 spiro atoms. The number of nitrogen functional groups attached to an aromatic ring is 1. The van der Waals surface area contributed by atoms with E-state index in [9.17, 15) is 14.3 Å². The molecular formula is C29H25FN4O3. The maximum absolute atomic E-state index is 14.0. The molecule has 1 aliphatic rings. The topological polar surface area (TPSA) is 103 Å². The van der Waals surface area contributed by atoms with E-state index in [1.165, 1.54) is 24.6 Å². The van der Waals surface area contributed by atoms with Crippen LogP contribution in [0.15, 0.2) is 66.9 Å². The first-order valence-corrected chi connectivity index (χ1v) is 12.3. The second kappa shape index (κ2) is 9.20. The summed E-state index contributed by atoms with van der Waals surface area (Å²) in [4.78, 5) is 15.5. The van der Waals surface area contributed by atoms with Gasteiger partial charge in [-0.05, 0) is 60.0 Å². The molecule has 1 aliphatic carbocycles. The van der Waals surface area contributed by atoms with Crippen LogP contribution in [0.4, 0.5) is 10.2 Å². The summed E-state index contributed by atoms with van der Waals surface area (Å²) >= 11 is 0. The highest BCUT2D eigenvalue weighted by Crippen LogP contribution is 2.37. The van der Waals surface area contributed by atoms with Gasteiger partial charge in [0.1, 0.15) is 29.7 Å². The summed E-state index contributed by atoms with van der Waals surface area (Å²) < 4.78 is 22.0. The highest BCUT2D eigenvalue weighted by atomic mass is 19.1. The minimum atomic E-state index is -1.01. The average molecular weight is 497 g/mol. The van der Waals surface area contributed by atoms with Crippen molar-refractivity contribution in [2.45, 2.75) is 38.3 Å². The first-order chi connectivity index (χ1) is 18.0. The van der Waals surface area contributed by atoms with Gasteiger partial charge in [0, 0.05) is 28.6 Å². The third-order valence-corrected chi connectivity index (χ3v) is 7.09. The Labute approximate surface area is 212 Å². The van der Waals surface area contributed by atoms with Gasteiger partial charge in [-0.3, -0.25) is 9.48 Å². The van der Waals surface area contributed by atoms with Gasteiger partial charge in [0.05, 0.1) is 18.0 Å². The average Bonchev–Trinajstić information content (AvgIpc) is 3.20. The van der Waals surface area contributed by atoms with Crippen LogP contribution in [0.3, 0.4) is 0 Å². The maximum atomic E-state index is 14.0. The van der Waals surface area contributed by atoms with Gasteiger partial charge in [-0.2, -0.15) is 5.10 Å². The largest absolute Gasteiger partial charge is 0.487 e. The van der Waals surface area contributed by atoms with Crippen molar-refractivity contribution < 1.29 is 19.0 Å². The third-order valence-electron chi connectivity index (χ3n) is 7.09. The van der Waals surface area contributed by atoms with Crippen LogP contribution >= 0.6 is 0 Å². The van der Waals surface area contributed by atoms with Crippen LogP contribution in [0.2, 0.25) is 0 Å². The molecule has 0 aliphatic heterocycles. The zero-order valence-electron chi connectivity index (χ0n) is 20.0. The molecule has 6 rings (SSSR count). The number of carboxylic acid groups (broad SMARTS) is 1. The first-order valence-electron chi connectivity index (χ1n) is 12.3. The summed E-state index contributed by atoms with van der Waals surface area (Å²) in [6.45, 7) is 0.0855. The highest BCUT2D eigenvalue weighted by molar-refractivity contribution is 6.02. The minimum absolute atomic E-state index is 0.0855. The van der Waals surface area contributed by atoms with E-state index in [1.807, 2.05) is 18.2 Å². The molecule has 186 valence electrons. The number of carboxylic acids is 1.